The maximum absolute atomic E-state index is 13.1. The highest BCUT2D eigenvalue weighted by Gasteiger charge is 2.42. The lowest BCUT2D eigenvalue weighted by Crippen LogP contribution is -2.36. The highest BCUT2D eigenvalue weighted by atomic mass is 32.1. The van der Waals surface area contributed by atoms with Crippen molar-refractivity contribution < 1.29 is 13.0 Å². The Labute approximate surface area is 123 Å². The van der Waals surface area contributed by atoms with Crippen molar-refractivity contribution in [2.45, 2.75) is 58.4 Å². The van der Waals surface area contributed by atoms with Gasteiger partial charge in [-0.25, -0.2) is 0 Å². The molecule has 0 aliphatic rings. The Morgan fingerprint density at radius 3 is 1.89 bits per heavy atom. The Morgan fingerprint density at radius 2 is 1.63 bits per heavy atom. The summed E-state index contributed by atoms with van der Waals surface area (Å²) in [4.78, 5) is 0. The summed E-state index contributed by atoms with van der Waals surface area (Å²) in [6.07, 6.45) is 0.576. The molecule has 0 aromatic heterocycles. The smallest absolute Gasteiger partial charge is 0.335 e. The number of hydrogen-bond donors (Lipinski definition) is 1. The van der Waals surface area contributed by atoms with E-state index in [9.17, 15) is 4.57 Å². The lowest BCUT2D eigenvalue weighted by molar-refractivity contribution is 0.355. The molecule has 0 amide bonds. The average Bonchev–Trinajstić information content (AvgIpc) is 2.12. The number of hydrazone groups is 1. The standard InChI is InChI=1S/C10H25N2O3PSSi2/c1-8-10(12-11-9-17)16(13,14-18(2,3)4)15-19(5,6)7/h10,12H,8H2,1-7H3. The molecule has 0 spiro atoms. The summed E-state index contributed by atoms with van der Waals surface area (Å²) in [5.74, 6) is -0.485. The molecule has 1 atom stereocenters. The Bertz CT molecular complexity index is 369. The van der Waals surface area contributed by atoms with Crippen LogP contribution in [0.15, 0.2) is 5.10 Å². The van der Waals surface area contributed by atoms with Gasteiger partial charge in [-0.1, -0.05) is 6.92 Å². The van der Waals surface area contributed by atoms with E-state index in [1.165, 1.54) is 0 Å². The van der Waals surface area contributed by atoms with E-state index in [4.69, 9.17) is 8.43 Å². The minimum Gasteiger partial charge on any atom is -0.350 e. The predicted molar refractivity (Wildman–Crippen MR) is 88.7 cm³/mol. The number of nitrogens with one attached hydrogen (secondary N) is 1. The topological polar surface area (TPSA) is 59.9 Å². The van der Waals surface area contributed by atoms with Gasteiger partial charge in [-0.15, -0.1) is 5.10 Å². The van der Waals surface area contributed by atoms with Gasteiger partial charge in [0.15, 0.2) is 16.6 Å². The van der Waals surface area contributed by atoms with Crippen LogP contribution in [0.1, 0.15) is 13.3 Å². The zero-order valence-electron chi connectivity index (χ0n) is 12.8. The molecule has 0 aliphatic carbocycles. The Kier molecular flexibility index (Phi) is 7.34. The van der Waals surface area contributed by atoms with Crippen LogP contribution in [-0.2, 0) is 13.0 Å². The molecule has 0 aromatic rings. The summed E-state index contributed by atoms with van der Waals surface area (Å²) in [6, 6.07) is 0. The van der Waals surface area contributed by atoms with Crippen molar-refractivity contribution in [3.8, 4) is 0 Å². The van der Waals surface area contributed by atoms with E-state index in [0.29, 0.717) is 6.42 Å². The predicted octanol–water partition coefficient (Wildman–Crippen LogP) is 4.23. The fourth-order valence-corrected chi connectivity index (χ4v) is 9.70. The quantitative estimate of drug-likeness (QED) is 0.236. The van der Waals surface area contributed by atoms with Crippen molar-refractivity contribution in [3.05, 3.63) is 0 Å². The second-order valence-electron chi connectivity index (χ2n) is 6.20. The minimum absolute atomic E-state index is 0.485. The second kappa shape index (κ2) is 7.27. The molecule has 112 valence electrons. The summed E-state index contributed by atoms with van der Waals surface area (Å²) in [6.45, 7) is 13.8. The summed E-state index contributed by atoms with van der Waals surface area (Å²) in [5.41, 5.74) is 2.75. The van der Waals surface area contributed by atoms with Crippen molar-refractivity contribution in [2.24, 2.45) is 5.10 Å². The van der Waals surface area contributed by atoms with E-state index in [2.05, 4.69) is 27.9 Å². The highest BCUT2D eigenvalue weighted by molar-refractivity contribution is 7.78. The van der Waals surface area contributed by atoms with Gasteiger partial charge in [-0.2, -0.15) is 0 Å². The lowest BCUT2D eigenvalue weighted by Gasteiger charge is -2.34. The van der Waals surface area contributed by atoms with E-state index in [1.54, 1.807) is 0 Å². The van der Waals surface area contributed by atoms with E-state index in [-0.39, 0.29) is 0 Å². The van der Waals surface area contributed by atoms with Gasteiger partial charge in [0.05, 0.1) is 5.16 Å². The van der Waals surface area contributed by atoms with Crippen LogP contribution in [0.3, 0.4) is 0 Å². The summed E-state index contributed by atoms with van der Waals surface area (Å²) < 4.78 is 24.9. The van der Waals surface area contributed by atoms with E-state index in [1.807, 2.05) is 46.2 Å². The molecule has 0 saturated heterocycles. The van der Waals surface area contributed by atoms with Gasteiger partial charge in [-0.3, -0.25) is 9.99 Å². The fraction of sp³-hybridized carbons (Fsp3) is 0.900. The van der Waals surface area contributed by atoms with Crippen molar-refractivity contribution in [3.63, 3.8) is 0 Å². The number of thiocarbonyl (C=S) groups is 1. The van der Waals surface area contributed by atoms with Crippen LogP contribution in [0.2, 0.25) is 39.3 Å². The molecule has 0 aliphatic heterocycles. The first-order valence-corrected chi connectivity index (χ1v) is 15.1. The molecule has 0 fully saturated rings. The van der Waals surface area contributed by atoms with Crippen LogP contribution in [0, 0.1) is 0 Å². The fourth-order valence-electron chi connectivity index (χ4n) is 1.40. The Balaban J connectivity index is 5.34. The van der Waals surface area contributed by atoms with Crippen molar-refractivity contribution in [2.75, 3.05) is 0 Å². The third-order valence-electron chi connectivity index (χ3n) is 1.83. The molecule has 1 N–H and O–H groups in total. The SMILES string of the molecule is CCC(NN=C=S)P(=O)(O[Si](C)(C)C)O[Si](C)(C)C. The molecular weight excluding hydrogens is 315 g/mol. The highest BCUT2D eigenvalue weighted by Crippen LogP contribution is 2.57. The van der Waals surface area contributed by atoms with Crippen molar-refractivity contribution in [1.29, 1.82) is 0 Å². The van der Waals surface area contributed by atoms with Crippen LogP contribution in [-0.4, -0.2) is 27.6 Å². The first-order valence-electron chi connectivity index (χ1n) is 6.27. The van der Waals surface area contributed by atoms with Crippen LogP contribution >= 0.6 is 19.8 Å². The third kappa shape index (κ3) is 8.14. The summed E-state index contributed by atoms with van der Waals surface area (Å²) >= 11 is 4.53. The average molecular weight is 341 g/mol. The number of nitrogens with zero attached hydrogens (tertiary/aromatic N) is 1. The summed E-state index contributed by atoms with van der Waals surface area (Å²) in [5, 5.41) is 5.90. The molecule has 0 radical (unpaired) electrons. The second-order valence-corrected chi connectivity index (χ2v) is 18.0. The van der Waals surface area contributed by atoms with Crippen molar-refractivity contribution >= 4 is 41.6 Å². The maximum Gasteiger partial charge on any atom is 0.335 e. The first-order chi connectivity index (χ1) is 8.43. The Morgan fingerprint density at radius 1 is 1.21 bits per heavy atom. The van der Waals surface area contributed by atoms with E-state index < -0.39 is 30.0 Å². The van der Waals surface area contributed by atoms with Gasteiger partial charge in [0, 0.05) is 0 Å². The molecule has 0 heterocycles. The third-order valence-corrected chi connectivity index (χ3v) is 9.58. The van der Waals surface area contributed by atoms with Gasteiger partial charge in [0.2, 0.25) is 0 Å². The molecule has 1 unspecified atom stereocenters. The molecule has 0 bridgehead atoms. The van der Waals surface area contributed by atoms with E-state index in [0.717, 1.165) is 0 Å². The Hall–Kier alpha value is 0.184. The monoisotopic (exact) mass is 340 g/mol. The van der Waals surface area contributed by atoms with Gasteiger partial charge in [-0.05, 0) is 57.9 Å². The first kappa shape index (κ1) is 19.2. The molecule has 0 aromatic carbocycles. The van der Waals surface area contributed by atoms with Crippen LogP contribution in [0.5, 0.6) is 0 Å². The summed E-state index contributed by atoms with van der Waals surface area (Å²) in [7, 11) is -7.28. The lowest BCUT2D eigenvalue weighted by atomic mass is 10.5. The number of isothiocyanates is 1. The van der Waals surface area contributed by atoms with Crippen LogP contribution < -0.4 is 5.43 Å². The normalized spacial score (nSPS) is 14.7. The minimum atomic E-state index is -3.27. The van der Waals surface area contributed by atoms with Crippen LogP contribution in [0.25, 0.3) is 0 Å². The number of rotatable bonds is 8. The molecule has 9 heteroatoms. The maximum atomic E-state index is 13.1. The molecule has 0 saturated carbocycles. The zero-order valence-corrected chi connectivity index (χ0v) is 16.5. The molecule has 5 nitrogen and oxygen atoms in total. The van der Waals surface area contributed by atoms with Crippen LogP contribution in [0.4, 0.5) is 0 Å². The largest absolute Gasteiger partial charge is 0.350 e. The van der Waals surface area contributed by atoms with Gasteiger partial charge in [0.25, 0.3) is 0 Å². The van der Waals surface area contributed by atoms with Gasteiger partial charge < -0.3 is 8.43 Å². The van der Waals surface area contributed by atoms with Gasteiger partial charge >= 0.3 is 7.60 Å². The molecular formula is C10H25N2O3PSSi2. The van der Waals surface area contributed by atoms with Crippen molar-refractivity contribution in [1.82, 2.24) is 5.43 Å². The van der Waals surface area contributed by atoms with Gasteiger partial charge in [0.1, 0.15) is 5.78 Å². The number of hydrogen-bond acceptors (Lipinski definition) is 6. The molecule has 19 heavy (non-hydrogen) atoms. The molecule has 0 rings (SSSR count). The zero-order chi connectivity index (χ0) is 15.3. The van der Waals surface area contributed by atoms with E-state index >= 15 is 0 Å².